The minimum atomic E-state index is 0.569. The van der Waals surface area contributed by atoms with Crippen LogP contribution in [0, 0.1) is 6.92 Å². The highest BCUT2D eigenvalue weighted by atomic mass is 15.3. The van der Waals surface area contributed by atoms with Crippen molar-refractivity contribution in [3.8, 4) is 0 Å². The molecule has 0 unspecified atom stereocenters. The third-order valence-electron chi connectivity index (χ3n) is 2.49. The zero-order valence-electron chi connectivity index (χ0n) is 9.60. The molecule has 0 saturated carbocycles. The van der Waals surface area contributed by atoms with Crippen LogP contribution in [0.25, 0.3) is 0 Å². The van der Waals surface area contributed by atoms with Crippen molar-refractivity contribution < 1.29 is 0 Å². The van der Waals surface area contributed by atoms with E-state index in [-0.39, 0.29) is 0 Å². The summed E-state index contributed by atoms with van der Waals surface area (Å²) in [7, 11) is 3.75. The molecule has 3 N–H and O–H groups in total. The van der Waals surface area contributed by atoms with Crippen molar-refractivity contribution in [1.82, 2.24) is 24.5 Å². The van der Waals surface area contributed by atoms with Gasteiger partial charge in [-0.15, -0.1) is 10.2 Å². The van der Waals surface area contributed by atoms with E-state index in [1.165, 1.54) is 0 Å². The van der Waals surface area contributed by atoms with Gasteiger partial charge in [0.2, 0.25) is 0 Å². The standard InChI is InChI=1S/C9H15N7/c1-6-8(10)9(16(3)14-6)11-4-7-13-12-5-15(7)2/h5,11H,4,10H2,1-3H3. The van der Waals surface area contributed by atoms with Gasteiger partial charge in [-0.1, -0.05) is 0 Å². The van der Waals surface area contributed by atoms with Crippen LogP contribution in [0.3, 0.4) is 0 Å². The van der Waals surface area contributed by atoms with Crippen molar-refractivity contribution in [1.29, 1.82) is 0 Å². The van der Waals surface area contributed by atoms with E-state index in [1.54, 1.807) is 11.0 Å². The Hall–Kier alpha value is -2.05. The Balaban J connectivity index is 2.13. The summed E-state index contributed by atoms with van der Waals surface area (Å²) >= 11 is 0. The van der Waals surface area contributed by atoms with Gasteiger partial charge in [0.05, 0.1) is 17.9 Å². The molecule has 0 aliphatic heterocycles. The van der Waals surface area contributed by atoms with Crippen LogP contribution < -0.4 is 11.1 Å². The second kappa shape index (κ2) is 3.84. The quantitative estimate of drug-likeness (QED) is 0.764. The van der Waals surface area contributed by atoms with Crippen molar-refractivity contribution in [2.75, 3.05) is 11.1 Å². The second-order valence-electron chi connectivity index (χ2n) is 3.68. The lowest BCUT2D eigenvalue weighted by Gasteiger charge is -2.06. The summed E-state index contributed by atoms with van der Waals surface area (Å²) in [6.45, 7) is 2.45. The molecule has 0 amide bonds. The van der Waals surface area contributed by atoms with Gasteiger partial charge in [-0.25, -0.2) is 0 Å². The lowest BCUT2D eigenvalue weighted by Crippen LogP contribution is -2.09. The molecule has 0 aliphatic rings. The van der Waals surface area contributed by atoms with E-state index in [4.69, 9.17) is 5.73 Å². The Morgan fingerprint density at radius 3 is 2.69 bits per heavy atom. The minimum Gasteiger partial charge on any atom is -0.394 e. The first kappa shape index (κ1) is 10.5. The Kier molecular flexibility index (Phi) is 2.51. The lowest BCUT2D eigenvalue weighted by molar-refractivity contribution is 0.747. The topological polar surface area (TPSA) is 86.6 Å². The molecule has 7 nitrogen and oxygen atoms in total. The number of nitrogens with one attached hydrogen (secondary N) is 1. The van der Waals surface area contributed by atoms with E-state index in [9.17, 15) is 0 Å². The fourth-order valence-electron chi connectivity index (χ4n) is 1.51. The van der Waals surface area contributed by atoms with Gasteiger partial charge in [-0.3, -0.25) is 4.68 Å². The van der Waals surface area contributed by atoms with Crippen LogP contribution in [-0.2, 0) is 20.6 Å². The number of aromatic nitrogens is 5. The van der Waals surface area contributed by atoms with Crippen molar-refractivity contribution >= 4 is 11.5 Å². The van der Waals surface area contributed by atoms with Crippen LogP contribution in [0.5, 0.6) is 0 Å². The molecule has 2 rings (SSSR count). The molecule has 2 aromatic rings. The summed E-state index contributed by atoms with van der Waals surface area (Å²) in [5, 5.41) is 15.2. The van der Waals surface area contributed by atoms with E-state index >= 15 is 0 Å². The van der Waals surface area contributed by atoms with Crippen molar-refractivity contribution in [2.45, 2.75) is 13.5 Å². The largest absolute Gasteiger partial charge is 0.394 e. The number of nitrogen functional groups attached to an aromatic ring is 1. The number of anilines is 2. The monoisotopic (exact) mass is 221 g/mol. The van der Waals surface area contributed by atoms with E-state index in [2.05, 4.69) is 20.6 Å². The van der Waals surface area contributed by atoms with Crippen LogP contribution >= 0.6 is 0 Å². The van der Waals surface area contributed by atoms with Gasteiger partial charge in [0.15, 0.2) is 5.82 Å². The van der Waals surface area contributed by atoms with Gasteiger partial charge in [0.25, 0.3) is 0 Å². The molecular weight excluding hydrogens is 206 g/mol. The molecule has 0 aromatic carbocycles. The van der Waals surface area contributed by atoms with Crippen LogP contribution in [0.4, 0.5) is 11.5 Å². The number of aryl methyl sites for hydroxylation is 3. The van der Waals surface area contributed by atoms with E-state index in [0.717, 1.165) is 17.3 Å². The van der Waals surface area contributed by atoms with Crippen molar-refractivity contribution in [3.63, 3.8) is 0 Å². The Labute approximate surface area is 93.3 Å². The average Bonchev–Trinajstić information content (AvgIpc) is 2.72. The zero-order valence-corrected chi connectivity index (χ0v) is 9.60. The summed E-state index contributed by atoms with van der Waals surface area (Å²) < 4.78 is 3.58. The highest BCUT2D eigenvalue weighted by Crippen LogP contribution is 2.21. The molecule has 2 aromatic heterocycles. The van der Waals surface area contributed by atoms with Crippen LogP contribution in [0.1, 0.15) is 11.5 Å². The molecule has 0 atom stereocenters. The molecular formula is C9H15N7. The summed E-state index contributed by atoms with van der Waals surface area (Å²) in [6.07, 6.45) is 1.66. The molecule has 0 saturated heterocycles. The molecule has 2 heterocycles. The summed E-state index contributed by atoms with van der Waals surface area (Å²) in [5.41, 5.74) is 7.39. The molecule has 86 valence electrons. The number of hydrogen-bond donors (Lipinski definition) is 2. The maximum absolute atomic E-state index is 5.89. The molecule has 0 bridgehead atoms. The first-order valence-corrected chi connectivity index (χ1v) is 4.95. The molecule has 0 radical (unpaired) electrons. The Morgan fingerprint density at radius 1 is 1.44 bits per heavy atom. The van der Waals surface area contributed by atoms with E-state index in [0.29, 0.717) is 12.2 Å². The third kappa shape index (κ3) is 1.71. The smallest absolute Gasteiger partial charge is 0.151 e. The maximum atomic E-state index is 5.89. The van der Waals surface area contributed by atoms with Gasteiger partial charge in [0.1, 0.15) is 12.1 Å². The first-order chi connectivity index (χ1) is 7.59. The Morgan fingerprint density at radius 2 is 2.19 bits per heavy atom. The minimum absolute atomic E-state index is 0.569. The van der Waals surface area contributed by atoms with Crippen LogP contribution in [0.15, 0.2) is 6.33 Å². The van der Waals surface area contributed by atoms with Crippen LogP contribution in [0.2, 0.25) is 0 Å². The predicted molar refractivity (Wildman–Crippen MR) is 60.7 cm³/mol. The van der Waals surface area contributed by atoms with Gasteiger partial charge in [0, 0.05) is 14.1 Å². The summed E-state index contributed by atoms with van der Waals surface area (Å²) in [5.74, 6) is 1.65. The number of rotatable bonds is 3. The predicted octanol–water partition coefficient (Wildman–Crippen LogP) is 0.0513. The number of nitrogens with two attached hydrogens (primary N) is 1. The fourth-order valence-corrected chi connectivity index (χ4v) is 1.51. The summed E-state index contributed by atoms with van der Waals surface area (Å²) in [4.78, 5) is 0. The highest BCUT2D eigenvalue weighted by molar-refractivity contribution is 5.64. The van der Waals surface area contributed by atoms with Crippen LogP contribution in [-0.4, -0.2) is 24.5 Å². The van der Waals surface area contributed by atoms with Gasteiger partial charge >= 0.3 is 0 Å². The number of hydrogen-bond acceptors (Lipinski definition) is 5. The highest BCUT2D eigenvalue weighted by Gasteiger charge is 2.10. The molecule has 0 aliphatic carbocycles. The number of nitrogens with zero attached hydrogens (tertiary/aromatic N) is 5. The molecule has 16 heavy (non-hydrogen) atoms. The second-order valence-corrected chi connectivity index (χ2v) is 3.68. The maximum Gasteiger partial charge on any atom is 0.151 e. The third-order valence-corrected chi connectivity index (χ3v) is 2.49. The Bertz CT molecular complexity index is 496. The van der Waals surface area contributed by atoms with E-state index < -0.39 is 0 Å². The van der Waals surface area contributed by atoms with Gasteiger partial charge in [-0.2, -0.15) is 5.10 Å². The van der Waals surface area contributed by atoms with Crippen molar-refractivity contribution in [2.24, 2.45) is 14.1 Å². The SMILES string of the molecule is Cc1nn(C)c(NCc2nncn2C)c1N. The zero-order chi connectivity index (χ0) is 11.7. The van der Waals surface area contributed by atoms with Gasteiger partial charge in [-0.05, 0) is 6.92 Å². The summed E-state index contributed by atoms with van der Waals surface area (Å²) in [6, 6.07) is 0. The lowest BCUT2D eigenvalue weighted by atomic mass is 10.4. The molecule has 0 spiro atoms. The van der Waals surface area contributed by atoms with E-state index in [1.807, 2.05) is 25.6 Å². The molecule has 0 fully saturated rings. The first-order valence-electron chi connectivity index (χ1n) is 4.95. The normalized spacial score (nSPS) is 10.7. The van der Waals surface area contributed by atoms with Gasteiger partial charge < -0.3 is 15.6 Å². The average molecular weight is 221 g/mol. The fraction of sp³-hybridized carbons (Fsp3) is 0.444. The molecule has 7 heteroatoms. The van der Waals surface area contributed by atoms with Crippen molar-refractivity contribution in [3.05, 3.63) is 17.8 Å².